The van der Waals surface area contributed by atoms with Gasteiger partial charge in [-0.2, -0.15) is 4.31 Å². The number of hydrogen-bond acceptors (Lipinski definition) is 6. The average molecular weight is 418 g/mol. The van der Waals surface area contributed by atoms with Crippen LogP contribution in [0.5, 0.6) is 0 Å². The van der Waals surface area contributed by atoms with Gasteiger partial charge in [0.1, 0.15) is 6.61 Å². The van der Waals surface area contributed by atoms with Crippen LogP contribution in [0, 0.1) is 16.0 Å². The molecule has 0 saturated carbocycles. The number of sulfonamides is 1. The first-order chi connectivity index (χ1) is 13.8. The van der Waals surface area contributed by atoms with Gasteiger partial charge in [-0.25, -0.2) is 13.2 Å². The van der Waals surface area contributed by atoms with E-state index in [0.29, 0.717) is 24.6 Å². The van der Waals surface area contributed by atoms with E-state index in [9.17, 15) is 23.3 Å². The summed E-state index contributed by atoms with van der Waals surface area (Å²) >= 11 is 0. The van der Waals surface area contributed by atoms with Crippen molar-refractivity contribution in [2.45, 2.75) is 31.3 Å². The number of carbonyl (C=O) groups is 1. The Bertz CT molecular complexity index is 979. The van der Waals surface area contributed by atoms with E-state index in [0.717, 1.165) is 12.8 Å². The van der Waals surface area contributed by atoms with E-state index in [1.54, 1.807) is 0 Å². The normalized spacial score (nSPS) is 15.8. The highest BCUT2D eigenvalue weighted by Gasteiger charge is 2.28. The molecule has 1 fully saturated rings. The summed E-state index contributed by atoms with van der Waals surface area (Å²) in [5, 5.41) is 10.7. The summed E-state index contributed by atoms with van der Waals surface area (Å²) < 4.78 is 32.1. The largest absolute Gasteiger partial charge is 0.457 e. The van der Waals surface area contributed by atoms with Crippen molar-refractivity contribution in [3.05, 3.63) is 69.8 Å². The lowest BCUT2D eigenvalue weighted by atomic mass is 10.0. The highest BCUT2D eigenvalue weighted by atomic mass is 32.2. The lowest BCUT2D eigenvalue weighted by Gasteiger charge is -2.29. The maximum absolute atomic E-state index is 12.7. The molecular weight excluding hydrogens is 396 g/mol. The third-order valence-electron chi connectivity index (χ3n) is 4.99. The molecule has 2 aromatic carbocycles. The zero-order chi connectivity index (χ0) is 21.0. The van der Waals surface area contributed by atoms with Gasteiger partial charge < -0.3 is 4.74 Å². The number of nitro groups is 1. The Morgan fingerprint density at radius 2 is 1.69 bits per heavy atom. The fourth-order valence-corrected chi connectivity index (χ4v) is 4.55. The number of nitro benzene ring substituents is 1. The minimum Gasteiger partial charge on any atom is -0.457 e. The first-order valence-corrected chi connectivity index (χ1v) is 10.7. The predicted octanol–water partition coefficient (Wildman–Crippen LogP) is 3.37. The van der Waals surface area contributed by atoms with Crippen LogP contribution in [0.2, 0.25) is 0 Å². The molecular formula is C20H22N2O6S. The van der Waals surface area contributed by atoms with Crippen LogP contribution in [0.4, 0.5) is 5.69 Å². The van der Waals surface area contributed by atoms with Crippen LogP contribution in [0.25, 0.3) is 0 Å². The fourth-order valence-electron chi connectivity index (χ4n) is 3.08. The van der Waals surface area contributed by atoms with Gasteiger partial charge in [0.15, 0.2) is 0 Å². The first kappa shape index (κ1) is 20.9. The summed E-state index contributed by atoms with van der Waals surface area (Å²) in [6.45, 7) is 3.08. The average Bonchev–Trinajstić information content (AvgIpc) is 2.72. The lowest BCUT2D eigenvalue weighted by molar-refractivity contribution is -0.384. The number of carbonyl (C=O) groups excluding carboxylic acids is 1. The minimum atomic E-state index is -3.57. The van der Waals surface area contributed by atoms with Crippen LogP contribution < -0.4 is 0 Å². The van der Waals surface area contributed by atoms with E-state index in [1.165, 1.54) is 52.8 Å². The third-order valence-corrected chi connectivity index (χ3v) is 6.90. The summed E-state index contributed by atoms with van der Waals surface area (Å²) in [7, 11) is -3.57. The fraction of sp³-hybridized carbons (Fsp3) is 0.350. The molecule has 8 nitrogen and oxygen atoms in total. The van der Waals surface area contributed by atoms with Crippen molar-refractivity contribution in [2.24, 2.45) is 5.92 Å². The highest BCUT2D eigenvalue weighted by molar-refractivity contribution is 7.89. The van der Waals surface area contributed by atoms with Crippen molar-refractivity contribution in [3.8, 4) is 0 Å². The van der Waals surface area contributed by atoms with E-state index in [2.05, 4.69) is 6.92 Å². The molecule has 0 spiro atoms. The Labute approximate surface area is 169 Å². The molecule has 29 heavy (non-hydrogen) atoms. The predicted molar refractivity (Wildman–Crippen MR) is 106 cm³/mol. The Balaban J connectivity index is 1.61. The Hall–Kier alpha value is -2.78. The second-order valence-corrected chi connectivity index (χ2v) is 9.05. The number of piperidine rings is 1. The van der Waals surface area contributed by atoms with Gasteiger partial charge in [0.05, 0.1) is 15.4 Å². The molecule has 0 aliphatic carbocycles. The van der Waals surface area contributed by atoms with Gasteiger partial charge in [-0.15, -0.1) is 0 Å². The van der Waals surface area contributed by atoms with Crippen LogP contribution in [0.15, 0.2) is 53.4 Å². The molecule has 1 aliphatic rings. The van der Waals surface area contributed by atoms with Crippen molar-refractivity contribution in [1.29, 1.82) is 0 Å². The van der Waals surface area contributed by atoms with Crippen LogP contribution >= 0.6 is 0 Å². The number of ether oxygens (including phenoxy) is 1. The number of esters is 1. The minimum absolute atomic E-state index is 0.0388. The van der Waals surface area contributed by atoms with E-state index < -0.39 is 20.9 Å². The number of hydrogen-bond donors (Lipinski definition) is 0. The molecule has 1 saturated heterocycles. The Morgan fingerprint density at radius 3 is 2.24 bits per heavy atom. The van der Waals surface area contributed by atoms with Crippen molar-refractivity contribution >= 4 is 21.7 Å². The van der Waals surface area contributed by atoms with E-state index in [1.807, 2.05) is 0 Å². The molecule has 2 aromatic rings. The molecule has 1 heterocycles. The maximum Gasteiger partial charge on any atom is 0.338 e. The van der Waals surface area contributed by atoms with E-state index in [4.69, 9.17) is 4.74 Å². The molecule has 0 N–H and O–H groups in total. The summed E-state index contributed by atoms with van der Waals surface area (Å²) in [4.78, 5) is 22.5. The molecule has 0 radical (unpaired) electrons. The summed E-state index contributed by atoms with van der Waals surface area (Å²) in [5.41, 5.74) is 0.806. The van der Waals surface area contributed by atoms with E-state index >= 15 is 0 Å². The van der Waals surface area contributed by atoms with Gasteiger partial charge in [-0.3, -0.25) is 10.1 Å². The SMILES string of the molecule is CC1CCN(S(=O)(=O)c2ccc(C(=O)OCc3ccc([N+](=O)[O-])cc3)cc2)CC1. The molecule has 9 heteroatoms. The summed E-state index contributed by atoms with van der Waals surface area (Å²) in [6.07, 6.45) is 1.68. The molecule has 1 aliphatic heterocycles. The number of rotatable bonds is 6. The molecule has 0 unspecified atom stereocenters. The number of benzene rings is 2. The Morgan fingerprint density at radius 1 is 1.10 bits per heavy atom. The van der Waals surface area contributed by atoms with Gasteiger partial charge in [0.25, 0.3) is 5.69 Å². The molecule has 154 valence electrons. The smallest absolute Gasteiger partial charge is 0.338 e. The van der Waals surface area contributed by atoms with Crippen molar-refractivity contribution < 1.29 is 22.9 Å². The molecule has 0 atom stereocenters. The van der Waals surface area contributed by atoms with Crippen molar-refractivity contribution in [1.82, 2.24) is 4.31 Å². The standard InChI is InChI=1S/C20H22N2O6S/c1-15-10-12-21(13-11-15)29(26,27)19-8-4-17(5-9-19)20(23)28-14-16-2-6-18(7-3-16)22(24)25/h2-9,15H,10-14H2,1H3. The van der Waals surface area contributed by atoms with Gasteiger partial charge in [0.2, 0.25) is 10.0 Å². The van der Waals surface area contributed by atoms with Gasteiger partial charge in [-0.1, -0.05) is 6.92 Å². The second-order valence-electron chi connectivity index (χ2n) is 7.11. The quantitative estimate of drug-likeness (QED) is 0.404. The van der Waals surface area contributed by atoms with Crippen LogP contribution in [-0.2, 0) is 21.4 Å². The van der Waals surface area contributed by atoms with Crippen molar-refractivity contribution in [3.63, 3.8) is 0 Å². The van der Waals surface area contributed by atoms with Crippen LogP contribution in [-0.4, -0.2) is 36.7 Å². The van der Waals surface area contributed by atoms with Crippen LogP contribution in [0.3, 0.4) is 0 Å². The molecule has 0 amide bonds. The lowest BCUT2D eigenvalue weighted by Crippen LogP contribution is -2.37. The van der Waals surface area contributed by atoms with Gasteiger partial charge >= 0.3 is 5.97 Å². The molecule has 0 bridgehead atoms. The summed E-state index contributed by atoms with van der Waals surface area (Å²) in [6, 6.07) is 11.4. The van der Waals surface area contributed by atoms with Gasteiger partial charge in [0, 0.05) is 25.2 Å². The second kappa shape index (κ2) is 8.71. The Kier molecular flexibility index (Phi) is 6.29. The zero-order valence-electron chi connectivity index (χ0n) is 16.0. The topological polar surface area (TPSA) is 107 Å². The van der Waals surface area contributed by atoms with E-state index in [-0.39, 0.29) is 22.8 Å². The first-order valence-electron chi connectivity index (χ1n) is 9.28. The molecule has 3 rings (SSSR count). The maximum atomic E-state index is 12.7. The third kappa shape index (κ3) is 4.99. The molecule has 0 aromatic heterocycles. The van der Waals surface area contributed by atoms with Crippen molar-refractivity contribution in [2.75, 3.05) is 13.1 Å². The number of nitrogens with zero attached hydrogens (tertiary/aromatic N) is 2. The monoisotopic (exact) mass is 418 g/mol. The van der Waals surface area contributed by atoms with Gasteiger partial charge in [-0.05, 0) is 60.7 Å². The highest BCUT2D eigenvalue weighted by Crippen LogP contribution is 2.24. The zero-order valence-corrected chi connectivity index (χ0v) is 16.8. The number of non-ortho nitro benzene ring substituents is 1. The summed E-state index contributed by atoms with van der Waals surface area (Å²) in [5.74, 6) is -0.0755. The van der Waals surface area contributed by atoms with Crippen LogP contribution in [0.1, 0.15) is 35.7 Å².